The van der Waals surface area contributed by atoms with Crippen LogP contribution in [-0.2, 0) is 11.2 Å². The van der Waals surface area contributed by atoms with Crippen molar-refractivity contribution >= 4 is 17.7 Å². The van der Waals surface area contributed by atoms with Crippen molar-refractivity contribution in [2.24, 2.45) is 5.92 Å². The molecule has 1 N–H and O–H groups in total. The number of carbonyl (C=O) groups excluding carboxylic acids is 1. The summed E-state index contributed by atoms with van der Waals surface area (Å²) in [5.74, 6) is 2.78. The Balaban J connectivity index is 1.53. The molecule has 2 aliphatic rings. The van der Waals surface area contributed by atoms with Crippen molar-refractivity contribution in [2.75, 3.05) is 24.7 Å². The van der Waals surface area contributed by atoms with Gasteiger partial charge in [-0.25, -0.2) is 0 Å². The summed E-state index contributed by atoms with van der Waals surface area (Å²) >= 11 is 1.81. The van der Waals surface area contributed by atoms with E-state index in [1.807, 2.05) is 11.8 Å². The molecule has 0 bridgehead atoms. The van der Waals surface area contributed by atoms with E-state index in [9.17, 15) is 4.79 Å². The molecule has 2 saturated heterocycles. The minimum absolute atomic E-state index is 0.0560. The van der Waals surface area contributed by atoms with Gasteiger partial charge in [0, 0.05) is 24.7 Å². The Bertz CT molecular complexity index is 431. The first kappa shape index (κ1) is 13.0. The van der Waals surface area contributed by atoms with Crippen LogP contribution in [0.15, 0.2) is 30.3 Å². The molecule has 1 aromatic rings. The standard InChI is InChI=1S/C15H20N2OS/c18-15(14-10-19-11-16-14)17-7-6-13(9-17)8-12-4-2-1-3-5-12/h1-5,13-14,16H,6-11H2. The van der Waals surface area contributed by atoms with E-state index in [1.54, 1.807) is 0 Å². The van der Waals surface area contributed by atoms with E-state index in [2.05, 4.69) is 40.5 Å². The number of amides is 1. The molecule has 102 valence electrons. The molecular formula is C15H20N2OS. The van der Waals surface area contributed by atoms with Gasteiger partial charge >= 0.3 is 0 Å². The summed E-state index contributed by atoms with van der Waals surface area (Å²) in [6.45, 7) is 1.86. The Hall–Kier alpha value is -1.00. The lowest BCUT2D eigenvalue weighted by molar-refractivity contribution is -0.131. The zero-order valence-corrected chi connectivity index (χ0v) is 11.9. The first-order chi connectivity index (χ1) is 9.33. The van der Waals surface area contributed by atoms with Gasteiger partial charge in [0.25, 0.3) is 0 Å². The Morgan fingerprint density at radius 1 is 1.37 bits per heavy atom. The minimum Gasteiger partial charge on any atom is -0.341 e. The van der Waals surface area contributed by atoms with Gasteiger partial charge in [0.2, 0.25) is 5.91 Å². The molecule has 0 saturated carbocycles. The highest BCUT2D eigenvalue weighted by Gasteiger charge is 2.32. The molecule has 2 heterocycles. The van der Waals surface area contributed by atoms with Crippen LogP contribution in [-0.4, -0.2) is 41.6 Å². The number of thioether (sulfide) groups is 1. The van der Waals surface area contributed by atoms with Gasteiger partial charge in [-0.2, -0.15) is 0 Å². The summed E-state index contributed by atoms with van der Waals surface area (Å²) in [6, 6.07) is 10.6. The van der Waals surface area contributed by atoms with Crippen LogP contribution in [0.5, 0.6) is 0 Å². The van der Waals surface area contributed by atoms with Crippen molar-refractivity contribution in [3.8, 4) is 0 Å². The Morgan fingerprint density at radius 3 is 2.95 bits per heavy atom. The van der Waals surface area contributed by atoms with E-state index in [0.717, 1.165) is 37.6 Å². The largest absolute Gasteiger partial charge is 0.341 e. The molecule has 2 atom stereocenters. The minimum atomic E-state index is 0.0560. The van der Waals surface area contributed by atoms with Gasteiger partial charge in [-0.1, -0.05) is 30.3 Å². The summed E-state index contributed by atoms with van der Waals surface area (Å²) < 4.78 is 0. The van der Waals surface area contributed by atoms with E-state index in [4.69, 9.17) is 0 Å². The second kappa shape index (κ2) is 5.97. The molecule has 1 amide bonds. The van der Waals surface area contributed by atoms with E-state index < -0.39 is 0 Å². The van der Waals surface area contributed by atoms with Gasteiger partial charge in [-0.15, -0.1) is 11.8 Å². The van der Waals surface area contributed by atoms with Crippen LogP contribution < -0.4 is 5.32 Å². The first-order valence-corrected chi connectivity index (χ1v) is 8.12. The Labute approximate surface area is 118 Å². The second-order valence-electron chi connectivity index (χ2n) is 5.40. The topological polar surface area (TPSA) is 32.3 Å². The van der Waals surface area contributed by atoms with E-state index >= 15 is 0 Å². The Kier molecular flexibility index (Phi) is 4.09. The molecule has 2 unspecified atom stereocenters. The number of benzene rings is 1. The third-order valence-electron chi connectivity index (χ3n) is 3.98. The SMILES string of the molecule is O=C(C1CSCN1)N1CCC(Cc2ccccc2)C1. The number of hydrogen-bond acceptors (Lipinski definition) is 3. The molecule has 0 spiro atoms. The highest BCUT2D eigenvalue weighted by molar-refractivity contribution is 7.99. The average Bonchev–Trinajstić information content (AvgIpc) is 3.10. The lowest BCUT2D eigenvalue weighted by atomic mass is 9.99. The zero-order chi connectivity index (χ0) is 13.1. The van der Waals surface area contributed by atoms with Crippen molar-refractivity contribution in [2.45, 2.75) is 18.9 Å². The van der Waals surface area contributed by atoms with Gasteiger partial charge in [-0.05, 0) is 24.3 Å². The van der Waals surface area contributed by atoms with Crippen LogP contribution in [0.3, 0.4) is 0 Å². The molecule has 0 aromatic heterocycles. The molecule has 1 aromatic carbocycles. The monoisotopic (exact) mass is 276 g/mol. The van der Waals surface area contributed by atoms with Gasteiger partial charge in [-0.3, -0.25) is 10.1 Å². The predicted molar refractivity (Wildman–Crippen MR) is 79.1 cm³/mol. The van der Waals surface area contributed by atoms with Crippen molar-refractivity contribution in [1.82, 2.24) is 10.2 Å². The summed E-state index contributed by atoms with van der Waals surface area (Å²) in [7, 11) is 0. The number of rotatable bonds is 3. The van der Waals surface area contributed by atoms with Crippen LogP contribution in [0, 0.1) is 5.92 Å². The number of likely N-dealkylation sites (tertiary alicyclic amines) is 1. The summed E-state index contributed by atoms with van der Waals surface area (Å²) in [5.41, 5.74) is 1.39. The molecule has 2 aliphatic heterocycles. The van der Waals surface area contributed by atoms with Crippen molar-refractivity contribution in [1.29, 1.82) is 0 Å². The van der Waals surface area contributed by atoms with Gasteiger partial charge in [0.05, 0.1) is 6.04 Å². The third-order valence-corrected chi connectivity index (χ3v) is 4.92. The summed E-state index contributed by atoms with van der Waals surface area (Å²) in [6.07, 6.45) is 2.23. The van der Waals surface area contributed by atoms with Crippen LogP contribution in [0.4, 0.5) is 0 Å². The fourth-order valence-electron chi connectivity index (χ4n) is 2.92. The predicted octanol–water partition coefficient (Wildman–Crippen LogP) is 1.74. The maximum atomic E-state index is 12.3. The second-order valence-corrected chi connectivity index (χ2v) is 6.43. The Morgan fingerprint density at radius 2 is 2.21 bits per heavy atom. The van der Waals surface area contributed by atoms with E-state index in [1.165, 1.54) is 5.56 Å². The zero-order valence-electron chi connectivity index (χ0n) is 11.0. The molecular weight excluding hydrogens is 256 g/mol. The quantitative estimate of drug-likeness (QED) is 0.913. The number of nitrogens with one attached hydrogen (secondary N) is 1. The molecule has 4 heteroatoms. The maximum absolute atomic E-state index is 12.3. The van der Waals surface area contributed by atoms with Crippen molar-refractivity contribution < 1.29 is 4.79 Å². The van der Waals surface area contributed by atoms with Gasteiger partial charge in [0.1, 0.15) is 0 Å². The molecule has 2 fully saturated rings. The molecule has 0 radical (unpaired) electrons. The highest BCUT2D eigenvalue weighted by atomic mass is 32.2. The number of carbonyl (C=O) groups is 1. The third kappa shape index (κ3) is 3.12. The van der Waals surface area contributed by atoms with Crippen molar-refractivity contribution in [3.05, 3.63) is 35.9 Å². The van der Waals surface area contributed by atoms with Crippen LogP contribution in [0.1, 0.15) is 12.0 Å². The smallest absolute Gasteiger partial charge is 0.240 e. The summed E-state index contributed by atoms with van der Waals surface area (Å²) in [5, 5.41) is 3.27. The van der Waals surface area contributed by atoms with E-state index in [0.29, 0.717) is 11.8 Å². The maximum Gasteiger partial charge on any atom is 0.240 e. The molecule has 19 heavy (non-hydrogen) atoms. The van der Waals surface area contributed by atoms with Crippen LogP contribution in [0.2, 0.25) is 0 Å². The van der Waals surface area contributed by atoms with Gasteiger partial charge in [0.15, 0.2) is 0 Å². The molecule has 3 nitrogen and oxygen atoms in total. The lowest BCUT2D eigenvalue weighted by Gasteiger charge is -2.20. The fraction of sp³-hybridized carbons (Fsp3) is 0.533. The normalized spacial score (nSPS) is 26.8. The summed E-state index contributed by atoms with van der Waals surface area (Å²) in [4.78, 5) is 14.3. The van der Waals surface area contributed by atoms with Crippen molar-refractivity contribution in [3.63, 3.8) is 0 Å². The fourth-order valence-corrected chi connectivity index (χ4v) is 3.85. The molecule has 3 rings (SSSR count). The van der Waals surface area contributed by atoms with Crippen LogP contribution >= 0.6 is 11.8 Å². The van der Waals surface area contributed by atoms with Crippen LogP contribution in [0.25, 0.3) is 0 Å². The highest BCUT2D eigenvalue weighted by Crippen LogP contribution is 2.22. The average molecular weight is 276 g/mol. The lowest BCUT2D eigenvalue weighted by Crippen LogP contribution is -2.43. The first-order valence-electron chi connectivity index (χ1n) is 6.97. The number of hydrogen-bond donors (Lipinski definition) is 1. The molecule has 0 aliphatic carbocycles. The van der Waals surface area contributed by atoms with Gasteiger partial charge < -0.3 is 4.90 Å². The van der Waals surface area contributed by atoms with E-state index in [-0.39, 0.29) is 6.04 Å². The number of nitrogens with zero attached hydrogens (tertiary/aromatic N) is 1.